The van der Waals surface area contributed by atoms with Gasteiger partial charge in [0.05, 0.1) is 23.7 Å². The number of ether oxygens (including phenoxy) is 2. The maximum Gasteiger partial charge on any atom is 0.161 e. The van der Waals surface area contributed by atoms with E-state index < -0.39 is 0 Å². The second-order valence-corrected chi connectivity index (χ2v) is 8.11. The molecule has 0 fully saturated rings. The number of aromatic amines is 1. The lowest BCUT2D eigenvalue weighted by molar-refractivity contribution is 0.285. The fourth-order valence-electron chi connectivity index (χ4n) is 4.04. The van der Waals surface area contributed by atoms with Gasteiger partial charge in [0.25, 0.3) is 0 Å². The topological polar surface area (TPSA) is 70.9 Å². The molecule has 0 aliphatic carbocycles. The van der Waals surface area contributed by atoms with Gasteiger partial charge in [-0.15, -0.1) is 0 Å². The molecule has 0 atom stereocenters. The number of aromatic nitrogens is 2. The van der Waals surface area contributed by atoms with Gasteiger partial charge in [-0.25, -0.2) is 4.98 Å². The first kappa shape index (κ1) is 21.3. The van der Waals surface area contributed by atoms with Crippen molar-refractivity contribution in [2.24, 2.45) is 0 Å². The van der Waals surface area contributed by atoms with Crippen molar-refractivity contribution in [2.45, 2.75) is 13.5 Å². The van der Waals surface area contributed by atoms with Gasteiger partial charge >= 0.3 is 0 Å². The van der Waals surface area contributed by atoms with Crippen LogP contribution in [0.1, 0.15) is 22.5 Å². The first-order valence-corrected chi connectivity index (χ1v) is 11.0. The lowest BCUT2D eigenvalue weighted by atomic mass is 10.1. The van der Waals surface area contributed by atoms with Crippen molar-refractivity contribution in [2.75, 3.05) is 7.11 Å². The minimum absolute atomic E-state index is 0.425. The second kappa shape index (κ2) is 9.13. The Morgan fingerprint density at radius 2 is 1.85 bits per heavy atom. The molecule has 1 aromatic heterocycles. The molecule has 5 nitrogen and oxygen atoms in total. The Balaban J connectivity index is 1.41. The molecule has 0 spiro atoms. The first-order chi connectivity index (χ1) is 16.6. The van der Waals surface area contributed by atoms with Crippen LogP contribution in [0, 0.1) is 18.3 Å². The van der Waals surface area contributed by atoms with E-state index in [2.05, 4.69) is 40.3 Å². The van der Waals surface area contributed by atoms with Crippen molar-refractivity contribution < 1.29 is 9.47 Å². The van der Waals surface area contributed by atoms with E-state index in [1.54, 1.807) is 13.2 Å². The number of hydrogen-bond acceptors (Lipinski definition) is 4. The summed E-state index contributed by atoms with van der Waals surface area (Å²) < 4.78 is 11.7. The zero-order valence-corrected chi connectivity index (χ0v) is 19.0. The Morgan fingerprint density at radius 1 is 1.00 bits per heavy atom. The molecule has 5 rings (SSSR count). The van der Waals surface area contributed by atoms with Crippen LogP contribution in [0.2, 0.25) is 0 Å². The van der Waals surface area contributed by atoms with Gasteiger partial charge in [0, 0.05) is 0 Å². The number of fused-ring (bicyclic) bond motifs is 2. The number of benzene rings is 4. The summed E-state index contributed by atoms with van der Waals surface area (Å²) in [4.78, 5) is 7.81. The molecular weight excluding hydrogens is 422 g/mol. The highest BCUT2D eigenvalue weighted by Crippen LogP contribution is 2.31. The number of imidazole rings is 1. The van der Waals surface area contributed by atoms with Gasteiger partial charge in [-0.1, -0.05) is 54.6 Å². The number of hydrogen-bond donors (Lipinski definition) is 1. The number of methoxy groups -OCH3 is 1. The molecule has 34 heavy (non-hydrogen) atoms. The number of nitrogens with zero attached hydrogens (tertiary/aromatic N) is 2. The van der Waals surface area contributed by atoms with Crippen LogP contribution < -0.4 is 9.47 Å². The monoisotopic (exact) mass is 445 g/mol. The van der Waals surface area contributed by atoms with E-state index >= 15 is 0 Å². The molecule has 4 aromatic carbocycles. The lowest BCUT2D eigenvalue weighted by Crippen LogP contribution is -1.99. The van der Waals surface area contributed by atoms with Crippen LogP contribution in [0.15, 0.2) is 78.9 Å². The quantitative estimate of drug-likeness (QED) is 0.296. The molecule has 166 valence electrons. The molecule has 0 saturated carbocycles. The summed E-state index contributed by atoms with van der Waals surface area (Å²) in [6.45, 7) is 2.45. The number of aryl methyl sites for hydroxylation is 1. The smallest absolute Gasteiger partial charge is 0.161 e. The third-order valence-corrected chi connectivity index (χ3v) is 5.77. The number of allylic oxidation sites excluding steroid dienone is 1. The van der Waals surface area contributed by atoms with Crippen molar-refractivity contribution in [1.29, 1.82) is 5.26 Å². The standard InChI is InChI=1S/C29H23N3O2/c1-19-10-12-25-26(14-19)32-29(31-25)23(17-30)15-20-11-13-27(28(16-20)33-2)34-18-22-8-5-7-21-6-3-4-9-24(21)22/h3-16H,18H2,1-2H3,(H,31,32). The van der Waals surface area contributed by atoms with Crippen LogP contribution >= 0.6 is 0 Å². The summed E-state index contributed by atoms with van der Waals surface area (Å²) in [7, 11) is 1.61. The Labute approximate surface area is 197 Å². The summed E-state index contributed by atoms with van der Waals surface area (Å²) >= 11 is 0. The Hall–Kier alpha value is -4.56. The normalized spacial score (nSPS) is 11.5. The van der Waals surface area contributed by atoms with E-state index in [0.717, 1.165) is 27.7 Å². The van der Waals surface area contributed by atoms with E-state index in [1.165, 1.54) is 10.8 Å². The molecule has 1 heterocycles. The van der Waals surface area contributed by atoms with Crippen molar-refractivity contribution in [3.63, 3.8) is 0 Å². The van der Waals surface area contributed by atoms with Crippen LogP contribution in [-0.4, -0.2) is 17.1 Å². The molecule has 0 radical (unpaired) electrons. The van der Waals surface area contributed by atoms with Crippen molar-refractivity contribution in [3.05, 3.63) is 101 Å². The minimum Gasteiger partial charge on any atom is -0.493 e. The fourth-order valence-corrected chi connectivity index (χ4v) is 4.04. The molecular formula is C29H23N3O2. The van der Waals surface area contributed by atoms with Crippen LogP contribution in [-0.2, 0) is 6.61 Å². The number of rotatable bonds is 6. The van der Waals surface area contributed by atoms with Gasteiger partial charge in [-0.2, -0.15) is 5.26 Å². The highest BCUT2D eigenvalue weighted by atomic mass is 16.5. The molecule has 0 unspecified atom stereocenters. The summed E-state index contributed by atoms with van der Waals surface area (Å²) in [5.74, 6) is 1.79. The molecule has 0 saturated heterocycles. The maximum atomic E-state index is 9.76. The van der Waals surface area contributed by atoms with Crippen LogP contribution in [0.3, 0.4) is 0 Å². The van der Waals surface area contributed by atoms with Crippen molar-refractivity contribution in [1.82, 2.24) is 9.97 Å². The van der Waals surface area contributed by atoms with Gasteiger partial charge in [0.2, 0.25) is 0 Å². The number of nitrogens with one attached hydrogen (secondary N) is 1. The average Bonchev–Trinajstić information content (AvgIpc) is 3.29. The molecule has 5 aromatic rings. The number of nitriles is 1. The van der Waals surface area contributed by atoms with Crippen molar-refractivity contribution in [3.8, 4) is 17.6 Å². The third-order valence-electron chi connectivity index (χ3n) is 5.77. The Kier molecular flexibility index (Phi) is 5.72. The second-order valence-electron chi connectivity index (χ2n) is 8.11. The van der Waals surface area contributed by atoms with Crippen LogP contribution in [0.25, 0.3) is 33.5 Å². The molecule has 0 amide bonds. The number of H-pyrrole nitrogens is 1. The SMILES string of the molecule is COc1cc(C=C(C#N)c2nc3ccc(C)cc3[nH]2)ccc1OCc1cccc2ccccc12. The maximum absolute atomic E-state index is 9.76. The molecule has 1 N–H and O–H groups in total. The minimum atomic E-state index is 0.425. The Bertz CT molecular complexity index is 1570. The van der Waals surface area contributed by atoms with Crippen LogP contribution in [0.5, 0.6) is 11.5 Å². The third kappa shape index (κ3) is 4.22. The van der Waals surface area contributed by atoms with Gasteiger partial charge in [0.1, 0.15) is 18.5 Å². The van der Waals surface area contributed by atoms with Gasteiger partial charge in [-0.3, -0.25) is 0 Å². The van der Waals surface area contributed by atoms with E-state index in [0.29, 0.717) is 29.5 Å². The molecule has 0 aliphatic rings. The average molecular weight is 446 g/mol. The van der Waals surface area contributed by atoms with E-state index in [1.807, 2.05) is 61.5 Å². The van der Waals surface area contributed by atoms with Crippen molar-refractivity contribution >= 4 is 33.5 Å². The van der Waals surface area contributed by atoms with Gasteiger partial charge in [0.15, 0.2) is 11.5 Å². The van der Waals surface area contributed by atoms with Gasteiger partial charge < -0.3 is 14.5 Å². The lowest BCUT2D eigenvalue weighted by Gasteiger charge is -2.13. The molecule has 0 aliphatic heterocycles. The highest BCUT2D eigenvalue weighted by molar-refractivity contribution is 5.90. The molecule has 0 bridgehead atoms. The predicted molar refractivity (Wildman–Crippen MR) is 136 cm³/mol. The van der Waals surface area contributed by atoms with E-state index in [4.69, 9.17) is 9.47 Å². The highest BCUT2D eigenvalue weighted by Gasteiger charge is 2.11. The zero-order valence-electron chi connectivity index (χ0n) is 19.0. The summed E-state index contributed by atoms with van der Waals surface area (Å²) in [5, 5.41) is 12.1. The fraction of sp³-hybridized carbons (Fsp3) is 0.103. The first-order valence-electron chi connectivity index (χ1n) is 11.0. The largest absolute Gasteiger partial charge is 0.493 e. The van der Waals surface area contributed by atoms with Crippen LogP contribution in [0.4, 0.5) is 0 Å². The summed E-state index contributed by atoms with van der Waals surface area (Å²) in [6.07, 6.45) is 1.79. The Morgan fingerprint density at radius 3 is 2.71 bits per heavy atom. The summed E-state index contributed by atoms with van der Waals surface area (Å²) in [6, 6.07) is 28.3. The summed E-state index contributed by atoms with van der Waals surface area (Å²) in [5.41, 5.74) is 5.25. The molecule has 5 heteroatoms. The predicted octanol–water partition coefficient (Wildman–Crippen LogP) is 6.68. The van der Waals surface area contributed by atoms with Gasteiger partial charge in [-0.05, 0) is 64.7 Å². The zero-order chi connectivity index (χ0) is 23.5. The van der Waals surface area contributed by atoms with E-state index in [9.17, 15) is 5.26 Å². The van der Waals surface area contributed by atoms with E-state index in [-0.39, 0.29) is 0 Å².